The number of hydrogen-bond acceptors (Lipinski definition) is 6. The van der Waals surface area contributed by atoms with Gasteiger partial charge in [-0.3, -0.25) is 4.90 Å². The van der Waals surface area contributed by atoms with E-state index in [0.717, 1.165) is 68.6 Å². The first-order valence-corrected chi connectivity index (χ1v) is 11.1. The Balaban J connectivity index is 1.24. The van der Waals surface area contributed by atoms with E-state index in [4.69, 9.17) is 9.47 Å². The number of rotatable bonds is 8. The minimum atomic E-state index is -0.702. The molecule has 1 aromatic heterocycles. The largest absolute Gasteiger partial charge is 0.513 e. The number of aromatic nitrogens is 1. The van der Waals surface area contributed by atoms with Crippen molar-refractivity contribution in [1.82, 2.24) is 9.88 Å². The number of aromatic amines is 1. The van der Waals surface area contributed by atoms with E-state index in [1.165, 1.54) is 18.4 Å². The second kappa shape index (κ2) is 10.4. The zero-order chi connectivity index (χ0) is 22.3. The Hall–Kier alpha value is -3.19. The summed E-state index contributed by atoms with van der Waals surface area (Å²) in [7, 11) is 3.04. The van der Waals surface area contributed by atoms with E-state index in [2.05, 4.69) is 37.9 Å². The molecule has 0 spiro atoms. The molecule has 1 aliphatic rings. The van der Waals surface area contributed by atoms with Crippen molar-refractivity contribution in [3.63, 3.8) is 0 Å². The van der Waals surface area contributed by atoms with Crippen LogP contribution in [0, 0.1) is 0 Å². The molecule has 2 heterocycles. The van der Waals surface area contributed by atoms with E-state index in [9.17, 15) is 4.79 Å². The van der Waals surface area contributed by atoms with Crippen molar-refractivity contribution in [2.45, 2.75) is 19.3 Å². The number of nitrogens with one attached hydrogen (secondary N) is 1. The van der Waals surface area contributed by atoms with Crippen molar-refractivity contribution in [2.24, 2.45) is 0 Å². The summed E-state index contributed by atoms with van der Waals surface area (Å²) in [4.78, 5) is 19.6. The fourth-order valence-electron chi connectivity index (χ4n) is 4.32. The lowest BCUT2D eigenvalue weighted by Gasteiger charge is -2.36. The van der Waals surface area contributed by atoms with E-state index < -0.39 is 6.16 Å². The number of methoxy groups -OCH3 is 2. The normalized spacial score (nSPS) is 14.5. The molecule has 2 aromatic carbocycles. The average Bonchev–Trinajstić information content (AvgIpc) is 3.24. The molecule has 1 fully saturated rings. The average molecular weight is 438 g/mol. The van der Waals surface area contributed by atoms with Crippen LogP contribution in [-0.2, 0) is 11.2 Å². The predicted molar refractivity (Wildman–Crippen MR) is 126 cm³/mol. The Morgan fingerprint density at radius 3 is 2.62 bits per heavy atom. The van der Waals surface area contributed by atoms with Gasteiger partial charge >= 0.3 is 6.16 Å². The lowest BCUT2D eigenvalue weighted by molar-refractivity contribution is 0.121. The van der Waals surface area contributed by atoms with E-state index in [0.29, 0.717) is 5.75 Å². The summed E-state index contributed by atoms with van der Waals surface area (Å²) in [5, 5.41) is 1.09. The molecule has 7 heteroatoms. The molecular formula is C25H31N3O4. The van der Waals surface area contributed by atoms with Gasteiger partial charge in [-0.1, -0.05) is 12.1 Å². The van der Waals surface area contributed by atoms with E-state index in [-0.39, 0.29) is 0 Å². The van der Waals surface area contributed by atoms with Crippen LogP contribution in [0.1, 0.15) is 18.4 Å². The first kappa shape index (κ1) is 22.0. The van der Waals surface area contributed by atoms with Gasteiger partial charge in [-0.15, -0.1) is 0 Å². The highest BCUT2D eigenvalue weighted by molar-refractivity contribution is 5.85. The maximum atomic E-state index is 11.4. The number of H-pyrrole nitrogens is 1. The molecule has 0 atom stereocenters. The van der Waals surface area contributed by atoms with Crippen LogP contribution >= 0.6 is 0 Å². The van der Waals surface area contributed by atoms with Gasteiger partial charge in [0.1, 0.15) is 11.5 Å². The van der Waals surface area contributed by atoms with Crippen molar-refractivity contribution in [3.05, 3.63) is 54.2 Å². The fraction of sp³-hybridized carbons (Fsp3) is 0.400. The highest BCUT2D eigenvalue weighted by Gasteiger charge is 2.19. The summed E-state index contributed by atoms with van der Waals surface area (Å²) in [6.45, 7) is 5.29. The predicted octanol–water partition coefficient (Wildman–Crippen LogP) is 4.47. The summed E-state index contributed by atoms with van der Waals surface area (Å²) in [6, 6.07) is 13.8. The molecule has 3 aromatic rings. The number of fused-ring (bicyclic) bond motifs is 1. The van der Waals surface area contributed by atoms with Gasteiger partial charge in [0.05, 0.1) is 19.9 Å². The number of nitrogens with zero attached hydrogens (tertiary/aromatic N) is 2. The molecule has 0 unspecified atom stereocenters. The number of hydrogen-bond donors (Lipinski definition) is 1. The smallest absolute Gasteiger partial charge is 0.495 e. The first-order valence-electron chi connectivity index (χ1n) is 11.1. The van der Waals surface area contributed by atoms with Crippen LogP contribution in [0.15, 0.2) is 48.7 Å². The van der Waals surface area contributed by atoms with Gasteiger partial charge in [0.15, 0.2) is 0 Å². The second-order valence-electron chi connectivity index (χ2n) is 8.04. The summed E-state index contributed by atoms with van der Waals surface area (Å²) >= 11 is 0. The van der Waals surface area contributed by atoms with Gasteiger partial charge in [-0.05, 0) is 61.7 Å². The maximum Gasteiger partial charge on any atom is 0.513 e. The molecule has 4 rings (SSSR count). The molecule has 32 heavy (non-hydrogen) atoms. The van der Waals surface area contributed by atoms with E-state index in [1.54, 1.807) is 13.2 Å². The Kier molecular flexibility index (Phi) is 7.17. The lowest BCUT2D eigenvalue weighted by atomic mass is 10.1. The van der Waals surface area contributed by atoms with Crippen molar-refractivity contribution in [2.75, 3.05) is 51.8 Å². The molecule has 0 saturated carbocycles. The van der Waals surface area contributed by atoms with Gasteiger partial charge in [0, 0.05) is 43.3 Å². The van der Waals surface area contributed by atoms with Crippen LogP contribution in [0.25, 0.3) is 10.9 Å². The number of anilines is 1. The highest BCUT2D eigenvalue weighted by atomic mass is 16.7. The third-order valence-corrected chi connectivity index (χ3v) is 6.08. The Labute approximate surface area is 188 Å². The van der Waals surface area contributed by atoms with E-state index in [1.807, 2.05) is 24.3 Å². The van der Waals surface area contributed by atoms with Gasteiger partial charge in [-0.2, -0.15) is 0 Å². The molecule has 170 valence electrons. The molecule has 1 saturated heterocycles. The standard InChI is InChI=1S/C25H31N3O4/c1-30-24-9-4-3-8-23(24)28-15-13-27(14-16-28)12-6-5-7-19-18-26-22-11-10-20(17-21(19)22)32-25(29)31-2/h3-4,8-11,17-18,26H,5-7,12-16H2,1-2H3. The summed E-state index contributed by atoms with van der Waals surface area (Å²) in [5.41, 5.74) is 3.48. The molecule has 0 radical (unpaired) electrons. The summed E-state index contributed by atoms with van der Waals surface area (Å²) < 4.78 is 15.3. The zero-order valence-electron chi connectivity index (χ0n) is 18.8. The quantitative estimate of drug-likeness (QED) is 0.319. The topological polar surface area (TPSA) is 67.0 Å². The minimum absolute atomic E-state index is 0.498. The monoisotopic (exact) mass is 437 g/mol. The molecule has 0 amide bonds. The number of carbonyl (C=O) groups excluding carboxylic acids is 1. The fourth-order valence-corrected chi connectivity index (χ4v) is 4.32. The Morgan fingerprint density at radius 1 is 1.03 bits per heavy atom. The summed E-state index contributed by atoms with van der Waals surface area (Å²) in [6.07, 6.45) is 4.61. The number of unbranched alkanes of at least 4 members (excludes halogenated alkanes) is 1. The molecule has 7 nitrogen and oxygen atoms in total. The van der Waals surface area contributed by atoms with Gasteiger partial charge in [0.25, 0.3) is 0 Å². The molecule has 0 bridgehead atoms. The molecular weight excluding hydrogens is 406 g/mol. The van der Waals surface area contributed by atoms with Crippen molar-refractivity contribution in [3.8, 4) is 11.5 Å². The van der Waals surface area contributed by atoms with Crippen molar-refractivity contribution < 1.29 is 19.0 Å². The Morgan fingerprint density at radius 2 is 1.84 bits per heavy atom. The first-order chi connectivity index (χ1) is 15.7. The number of aryl methyl sites for hydroxylation is 1. The zero-order valence-corrected chi connectivity index (χ0v) is 18.8. The molecule has 1 aliphatic heterocycles. The SMILES string of the molecule is COC(=O)Oc1ccc2[nH]cc(CCCCN3CCN(c4ccccc4OC)CC3)c2c1. The van der Waals surface area contributed by atoms with Crippen molar-refractivity contribution >= 4 is 22.7 Å². The van der Waals surface area contributed by atoms with Crippen LogP contribution in [0.4, 0.5) is 10.5 Å². The lowest BCUT2D eigenvalue weighted by Crippen LogP contribution is -2.46. The van der Waals surface area contributed by atoms with Crippen LogP contribution in [0.5, 0.6) is 11.5 Å². The molecule has 0 aliphatic carbocycles. The highest BCUT2D eigenvalue weighted by Crippen LogP contribution is 2.28. The van der Waals surface area contributed by atoms with E-state index >= 15 is 0 Å². The number of piperazine rings is 1. The van der Waals surface area contributed by atoms with Crippen LogP contribution < -0.4 is 14.4 Å². The molecule has 1 N–H and O–H groups in total. The van der Waals surface area contributed by atoms with Gasteiger partial charge < -0.3 is 24.1 Å². The van der Waals surface area contributed by atoms with Crippen LogP contribution in [0.2, 0.25) is 0 Å². The number of para-hydroxylation sites is 2. The number of carbonyl (C=O) groups is 1. The number of ether oxygens (including phenoxy) is 3. The van der Waals surface area contributed by atoms with Gasteiger partial charge in [-0.25, -0.2) is 4.79 Å². The third kappa shape index (κ3) is 5.16. The summed E-state index contributed by atoms with van der Waals surface area (Å²) in [5.74, 6) is 1.44. The van der Waals surface area contributed by atoms with Crippen LogP contribution in [-0.4, -0.2) is 63.0 Å². The third-order valence-electron chi connectivity index (χ3n) is 6.08. The minimum Gasteiger partial charge on any atom is -0.495 e. The van der Waals surface area contributed by atoms with Crippen molar-refractivity contribution in [1.29, 1.82) is 0 Å². The van der Waals surface area contributed by atoms with Crippen LogP contribution in [0.3, 0.4) is 0 Å². The Bertz CT molecular complexity index is 1040. The number of benzene rings is 2. The van der Waals surface area contributed by atoms with Gasteiger partial charge in [0.2, 0.25) is 0 Å². The maximum absolute atomic E-state index is 11.4. The second-order valence-corrected chi connectivity index (χ2v) is 8.04.